The molecule has 0 saturated carbocycles. The van der Waals surface area contributed by atoms with Gasteiger partial charge in [0.1, 0.15) is 9.84 Å². The van der Waals surface area contributed by atoms with Crippen LogP contribution in [0.15, 0.2) is 0 Å². The quantitative estimate of drug-likeness (QED) is 0.499. The summed E-state index contributed by atoms with van der Waals surface area (Å²) in [7, 11) is -2.55. The molecule has 2 nitrogen and oxygen atoms in total. The minimum atomic E-state index is -2.55. The number of sulfone groups is 1. The van der Waals surface area contributed by atoms with Gasteiger partial charge in [0.2, 0.25) is 0 Å². The molecule has 0 unspecified atom stereocenters. The van der Waals surface area contributed by atoms with Crippen molar-refractivity contribution in [1.82, 2.24) is 0 Å². The van der Waals surface area contributed by atoms with Crippen molar-refractivity contribution in [2.45, 2.75) is 12.8 Å². The predicted octanol–water partition coefficient (Wildman–Crippen LogP) is 0.236. The maximum Gasteiger partial charge on any atom is 0.150 e. The average Bonchev–Trinajstić information content (AvgIpc) is 1.84. The molecule has 1 fully saturated rings. The second-order valence-corrected chi connectivity index (χ2v) is 4.16. The van der Waals surface area contributed by atoms with Gasteiger partial charge in [0, 0.05) is 29.6 Å². The van der Waals surface area contributed by atoms with Gasteiger partial charge in [-0.1, -0.05) is 0 Å². The first-order chi connectivity index (χ1) is 3.21. The van der Waals surface area contributed by atoms with Crippen LogP contribution in [0.5, 0.6) is 0 Å². The molecular weight excluding hydrogens is 171 g/mol. The fourth-order valence-corrected chi connectivity index (χ4v) is 2.24. The predicted molar refractivity (Wildman–Crippen MR) is 40.9 cm³/mol. The Hall–Kier alpha value is 1.24. The summed E-state index contributed by atoms with van der Waals surface area (Å²) in [4.78, 5) is 0. The van der Waals surface area contributed by atoms with Crippen molar-refractivity contribution in [2.24, 2.45) is 0 Å². The molecule has 0 N–H and O–H groups in total. The first-order valence-corrected chi connectivity index (χ1v) is 4.23. The summed E-state index contributed by atoms with van der Waals surface area (Å²) in [5.41, 5.74) is 0. The van der Waals surface area contributed by atoms with Crippen LogP contribution in [-0.2, 0) is 9.84 Å². The number of halogens is 1. The molecule has 1 aliphatic rings. The van der Waals surface area contributed by atoms with E-state index in [1.807, 2.05) is 0 Å². The molecule has 0 aromatic rings. The summed E-state index contributed by atoms with van der Waals surface area (Å²) in [6, 6.07) is 0. The van der Waals surface area contributed by atoms with E-state index in [1.165, 1.54) is 0 Å². The second-order valence-electron chi connectivity index (χ2n) is 1.86. The molecule has 9 heavy (non-hydrogen) atoms. The van der Waals surface area contributed by atoms with Crippen molar-refractivity contribution < 1.29 is 8.42 Å². The van der Waals surface area contributed by atoms with E-state index in [4.69, 9.17) is 0 Å². The van der Waals surface area contributed by atoms with Crippen molar-refractivity contribution in [3.63, 3.8) is 0 Å². The summed E-state index contributed by atoms with van der Waals surface area (Å²) in [6.07, 6.45) is 1.75. The molecule has 1 rings (SSSR count). The van der Waals surface area contributed by atoms with Crippen molar-refractivity contribution in [2.75, 3.05) is 11.5 Å². The van der Waals surface area contributed by atoms with Gasteiger partial charge in [-0.2, -0.15) is 0 Å². The van der Waals surface area contributed by atoms with Gasteiger partial charge in [0.25, 0.3) is 0 Å². The third-order valence-corrected chi connectivity index (χ3v) is 2.98. The van der Waals surface area contributed by atoms with Crippen LogP contribution < -0.4 is 0 Å². The fraction of sp³-hybridized carbons (Fsp3) is 1.00. The van der Waals surface area contributed by atoms with Gasteiger partial charge in [-0.15, -0.1) is 12.4 Å². The Balaban J connectivity index is 0. The summed E-state index contributed by atoms with van der Waals surface area (Å²) in [6.45, 7) is 0. The van der Waals surface area contributed by atoms with Crippen LogP contribution in [0, 0.1) is 0 Å². The zero-order valence-corrected chi connectivity index (χ0v) is 9.09. The molecule has 0 aliphatic carbocycles. The third-order valence-electron chi connectivity index (χ3n) is 1.16. The smallest absolute Gasteiger partial charge is 0.150 e. The number of hydrogen-bond acceptors (Lipinski definition) is 2. The van der Waals surface area contributed by atoms with Gasteiger partial charge in [-0.05, 0) is 12.8 Å². The van der Waals surface area contributed by atoms with E-state index in [1.54, 1.807) is 0 Å². The van der Waals surface area contributed by atoms with E-state index in [-0.39, 0.29) is 42.0 Å². The van der Waals surface area contributed by atoms with E-state index in [9.17, 15) is 8.42 Å². The number of rotatable bonds is 0. The maximum atomic E-state index is 10.4. The van der Waals surface area contributed by atoms with E-state index in [2.05, 4.69) is 0 Å². The van der Waals surface area contributed by atoms with Gasteiger partial charge in [0.05, 0.1) is 11.5 Å². The molecule has 5 heteroatoms. The first-order valence-electron chi connectivity index (χ1n) is 2.41. The Bertz CT molecular complexity index is 142. The van der Waals surface area contributed by atoms with Crippen LogP contribution in [0.3, 0.4) is 0 Å². The molecular formula is C4H9ClNaO2S. The van der Waals surface area contributed by atoms with E-state index < -0.39 is 9.84 Å². The molecule has 0 amide bonds. The Morgan fingerprint density at radius 1 is 1.00 bits per heavy atom. The average molecular weight is 180 g/mol. The van der Waals surface area contributed by atoms with Crippen LogP contribution in [-0.4, -0.2) is 49.5 Å². The van der Waals surface area contributed by atoms with Gasteiger partial charge >= 0.3 is 0 Å². The Morgan fingerprint density at radius 2 is 1.33 bits per heavy atom. The second kappa shape index (κ2) is 4.97. The molecule has 1 heterocycles. The van der Waals surface area contributed by atoms with Crippen molar-refractivity contribution in [3.8, 4) is 0 Å². The van der Waals surface area contributed by atoms with Crippen LogP contribution in [0.1, 0.15) is 12.8 Å². The summed E-state index contributed by atoms with van der Waals surface area (Å²) in [5.74, 6) is 0.847. The minimum Gasteiger partial charge on any atom is -0.229 e. The molecule has 0 bridgehead atoms. The summed E-state index contributed by atoms with van der Waals surface area (Å²) < 4.78 is 20.9. The van der Waals surface area contributed by atoms with Gasteiger partial charge < -0.3 is 0 Å². The zero-order chi connectivity index (χ0) is 5.33. The van der Waals surface area contributed by atoms with Crippen LogP contribution >= 0.6 is 12.4 Å². The SMILES string of the molecule is Cl.O=S1(=O)CCCC1.[Na]. The molecule has 0 aromatic heterocycles. The summed E-state index contributed by atoms with van der Waals surface area (Å²) in [5, 5.41) is 0. The third kappa shape index (κ3) is 4.62. The number of hydrogen-bond donors (Lipinski definition) is 0. The maximum absolute atomic E-state index is 10.4. The normalized spacial score (nSPS) is 21.8. The monoisotopic (exact) mass is 179 g/mol. The van der Waals surface area contributed by atoms with Gasteiger partial charge in [-0.3, -0.25) is 0 Å². The van der Waals surface area contributed by atoms with E-state index in [0.717, 1.165) is 12.8 Å². The topological polar surface area (TPSA) is 34.1 Å². The van der Waals surface area contributed by atoms with Crippen LogP contribution in [0.25, 0.3) is 0 Å². The van der Waals surface area contributed by atoms with Gasteiger partial charge in [-0.25, -0.2) is 8.42 Å². The molecule has 0 atom stereocenters. The first kappa shape index (κ1) is 12.9. The molecule has 51 valence electrons. The molecule has 1 saturated heterocycles. The van der Waals surface area contributed by atoms with Gasteiger partial charge in [0.15, 0.2) is 0 Å². The van der Waals surface area contributed by atoms with Crippen molar-refractivity contribution >= 4 is 51.8 Å². The molecule has 1 radical (unpaired) electrons. The molecule has 0 aromatic carbocycles. The van der Waals surface area contributed by atoms with Crippen molar-refractivity contribution in [1.29, 1.82) is 0 Å². The standard InChI is InChI=1S/C4H8O2S.ClH.Na/c5-7(6)3-1-2-4-7;;/h1-4H2;1H;. The van der Waals surface area contributed by atoms with E-state index >= 15 is 0 Å². The van der Waals surface area contributed by atoms with Crippen LogP contribution in [0.4, 0.5) is 0 Å². The molecule has 1 aliphatic heterocycles. The minimum absolute atomic E-state index is 0. The van der Waals surface area contributed by atoms with Crippen LogP contribution in [0.2, 0.25) is 0 Å². The van der Waals surface area contributed by atoms with E-state index in [0.29, 0.717) is 11.5 Å². The largest absolute Gasteiger partial charge is 0.229 e. The van der Waals surface area contributed by atoms with Crippen molar-refractivity contribution in [3.05, 3.63) is 0 Å². The molecule has 0 spiro atoms. The summed E-state index contributed by atoms with van der Waals surface area (Å²) >= 11 is 0. The zero-order valence-electron chi connectivity index (χ0n) is 5.46. The Labute approximate surface area is 84.0 Å². The fourth-order valence-electron chi connectivity index (χ4n) is 0.746. The Morgan fingerprint density at radius 3 is 1.44 bits per heavy atom. The Kier molecular flexibility index (Phi) is 7.10.